The predicted molar refractivity (Wildman–Crippen MR) is 55.7 cm³/mol. The van der Waals surface area contributed by atoms with Crippen molar-refractivity contribution >= 4 is 11.8 Å². The highest BCUT2D eigenvalue weighted by molar-refractivity contribution is 5.95. The van der Waals surface area contributed by atoms with Crippen LogP contribution in [0, 0.1) is 0 Å². The van der Waals surface area contributed by atoms with Gasteiger partial charge in [-0.15, -0.1) is 0 Å². The molecule has 0 aromatic heterocycles. The van der Waals surface area contributed by atoms with Crippen molar-refractivity contribution in [1.29, 1.82) is 0 Å². The first kappa shape index (κ1) is 10.1. The Hall–Kier alpha value is -1.10. The van der Waals surface area contributed by atoms with Gasteiger partial charge in [0.25, 0.3) is 0 Å². The molecule has 16 heavy (non-hydrogen) atoms. The van der Waals surface area contributed by atoms with E-state index in [2.05, 4.69) is 0 Å². The summed E-state index contributed by atoms with van der Waals surface area (Å²) in [7, 11) is 0. The van der Waals surface area contributed by atoms with Crippen molar-refractivity contribution < 1.29 is 14.3 Å². The van der Waals surface area contributed by atoms with Crippen molar-refractivity contribution in [3.8, 4) is 0 Å². The maximum atomic E-state index is 12.2. The van der Waals surface area contributed by atoms with Gasteiger partial charge in [0.15, 0.2) is 0 Å². The van der Waals surface area contributed by atoms with E-state index >= 15 is 0 Å². The minimum atomic E-state index is -0.179. The molecule has 5 nitrogen and oxygen atoms in total. The Morgan fingerprint density at radius 1 is 1.19 bits per heavy atom. The van der Waals surface area contributed by atoms with E-state index < -0.39 is 0 Å². The van der Waals surface area contributed by atoms with E-state index in [4.69, 9.17) is 4.74 Å². The molecular formula is C11H16N2O3. The molecule has 3 fully saturated rings. The molecule has 0 spiro atoms. The van der Waals surface area contributed by atoms with Gasteiger partial charge < -0.3 is 14.5 Å². The van der Waals surface area contributed by atoms with Crippen molar-refractivity contribution in [2.24, 2.45) is 0 Å². The Bertz CT molecular complexity index is 325. The topological polar surface area (TPSA) is 49.9 Å². The number of piperazine rings is 1. The first-order chi connectivity index (χ1) is 7.77. The largest absolute Gasteiger partial charge is 0.379 e. The molecule has 0 radical (unpaired) electrons. The third kappa shape index (κ3) is 1.42. The molecule has 0 N–H and O–H groups in total. The number of rotatable bonds is 1. The van der Waals surface area contributed by atoms with Crippen LogP contribution in [0.1, 0.15) is 19.3 Å². The summed E-state index contributed by atoms with van der Waals surface area (Å²) in [5.41, 5.74) is 0. The van der Waals surface area contributed by atoms with Gasteiger partial charge in [0, 0.05) is 13.2 Å². The van der Waals surface area contributed by atoms with Crippen molar-refractivity contribution in [2.75, 3.05) is 26.3 Å². The van der Waals surface area contributed by atoms with Gasteiger partial charge in [-0.1, -0.05) is 0 Å². The molecule has 0 bridgehead atoms. The maximum absolute atomic E-state index is 12.2. The monoisotopic (exact) mass is 224 g/mol. The Balaban J connectivity index is 1.80. The number of nitrogens with zero attached hydrogens (tertiary/aromatic N) is 2. The highest BCUT2D eigenvalue weighted by atomic mass is 16.5. The summed E-state index contributed by atoms with van der Waals surface area (Å²) < 4.78 is 5.29. The molecule has 0 aliphatic carbocycles. The number of fused-ring (bicyclic) bond motifs is 1. The van der Waals surface area contributed by atoms with Gasteiger partial charge in [-0.05, 0) is 19.3 Å². The van der Waals surface area contributed by atoms with E-state index in [1.165, 1.54) is 0 Å². The van der Waals surface area contributed by atoms with Crippen LogP contribution in [-0.4, -0.2) is 60.0 Å². The third-order valence-corrected chi connectivity index (χ3v) is 3.79. The van der Waals surface area contributed by atoms with Crippen molar-refractivity contribution in [2.45, 2.75) is 31.3 Å². The molecule has 5 heteroatoms. The van der Waals surface area contributed by atoms with E-state index in [1.807, 2.05) is 0 Å². The second-order valence-corrected chi connectivity index (χ2v) is 4.73. The van der Waals surface area contributed by atoms with Gasteiger partial charge in [0.1, 0.15) is 12.6 Å². The highest BCUT2D eigenvalue weighted by Crippen LogP contribution is 2.26. The minimum Gasteiger partial charge on any atom is -0.379 e. The zero-order valence-electron chi connectivity index (χ0n) is 9.22. The lowest BCUT2D eigenvalue weighted by Crippen LogP contribution is -2.60. The van der Waals surface area contributed by atoms with Gasteiger partial charge in [-0.2, -0.15) is 0 Å². The average Bonchev–Trinajstić information content (AvgIpc) is 2.92. The van der Waals surface area contributed by atoms with Crippen molar-refractivity contribution in [1.82, 2.24) is 9.80 Å². The normalized spacial score (nSPS) is 34.8. The van der Waals surface area contributed by atoms with Crippen LogP contribution in [0.2, 0.25) is 0 Å². The van der Waals surface area contributed by atoms with Crippen molar-refractivity contribution in [3.63, 3.8) is 0 Å². The van der Waals surface area contributed by atoms with Crippen LogP contribution in [0.5, 0.6) is 0 Å². The summed E-state index contributed by atoms with van der Waals surface area (Å²) in [4.78, 5) is 27.6. The minimum absolute atomic E-state index is 0.106. The van der Waals surface area contributed by atoms with Gasteiger partial charge in [-0.25, -0.2) is 0 Å². The maximum Gasteiger partial charge on any atom is 0.246 e. The fourth-order valence-electron chi connectivity index (χ4n) is 2.90. The number of ether oxygens (including phenoxy) is 1. The number of carbonyl (C=O) groups is 2. The van der Waals surface area contributed by atoms with Crippen LogP contribution in [0.25, 0.3) is 0 Å². The summed E-state index contributed by atoms with van der Waals surface area (Å²) in [6.07, 6.45) is 2.65. The first-order valence-corrected chi connectivity index (χ1v) is 5.95. The second kappa shape index (κ2) is 3.73. The van der Waals surface area contributed by atoms with Crippen LogP contribution in [0.15, 0.2) is 0 Å². The quantitative estimate of drug-likeness (QED) is 0.609. The second-order valence-electron chi connectivity index (χ2n) is 4.73. The van der Waals surface area contributed by atoms with Crippen LogP contribution in [0.4, 0.5) is 0 Å². The molecule has 2 amide bonds. The number of hydrogen-bond acceptors (Lipinski definition) is 3. The molecule has 2 atom stereocenters. The van der Waals surface area contributed by atoms with Gasteiger partial charge >= 0.3 is 0 Å². The van der Waals surface area contributed by atoms with Crippen LogP contribution < -0.4 is 0 Å². The molecule has 3 heterocycles. The van der Waals surface area contributed by atoms with Crippen LogP contribution in [0.3, 0.4) is 0 Å². The third-order valence-electron chi connectivity index (χ3n) is 3.79. The van der Waals surface area contributed by atoms with Gasteiger partial charge in [0.2, 0.25) is 11.8 Å². The number of carbonyl (C=O) groups excluding carboxylic acids is 2. The van der Waals surface area contributed by atoms with E-state index in [9.17, 15) is 9.59 Å². The smallest absolute Gasteiger partial charge is 0.246 e. The summed E-state index contributed by atoms with van der Waals surface area (Å²) >= 11 is 0. The average molecular weight is 224 g/mol. The lowest BCUT2D eigenvalue weighted by molar-refractivity contribution is -0.155. The van der Waals surface area contributed by atoms with E-state index in [0.29, 0.717) is 13.2 Å². The SMILES string of the molecule is O=C1C2CCCN2C(=O)CN1C1CCOC1. The Morgan fingerprint density at radius 2 is 2.06 bits per heavy atom. The summed E-state index contributed by atoms with van der Waals surface area (Å²) in [6, 6.07) is -0.0546. The molecule has 3 saturated heterocycles. The Morgan fingerprint density at radius 3 is 2.81 bits per heavy atom. The molecule has 2 unspecified atom stereocenters. The zero-order valence-corrected chi connectivity index (χ0v) is 9.22. The Labute approximate surface area is 94.3 Å². The zero-order chi connectivity index (χ0) is 11.1. The number of amides is 2. The Kier molecular flexibility index (Phi) is 2.35. The molecule has 3 aliphatic heterocycles. The fourth-order valence-corrected chi connectivity index (χ4v) is 2.90. The molecule has 88 valence electrons. The predicted octanol–water partition coefficient (Wildman–Crippen LogP) is -0.392. The summed E-state index contributed by atoms with van der Waals surface area (Å²) in [5.74, 6) is 0.238. The van der Waals surface area contributed by atoms with Gasteiger partial charge in [0.05, 0.1) is 12.6 Å². The van der Waals surface area contributed by atoms with Gasteiger partial charge in [-0.3, -0.25) is 9.59 Å². The van der Waals surface area contributed by atoms with E-state index in [1.54, 1.807) is 9.80 Å². The molecular weight excluding hydrogens is 208 g/mol. The molecule has 0 aromatic carbocycles. The molecule has 0 aromatic rings. The van der Waals surface area contributed by atoms with E-state index in [-0.39, 0.29) is 30.4 Å². The van der Waals surface area contributed by atoms with E-state index in [0.717, 1.165) is 25.8 Å². The lowest BCUT2D eigenvalue weighted by atomic mass is 10.1. The first-order valence-electron chi connectivity index (χ1n) is 5.95. The van der Waals surface area contributed by atoms with Crippen molar-refractivity contribution in [3.05, 3.63) is 0 Å². The fraction of sp³-hybridized carbons (Fsp3) is 0.818. The molecule has 3 aliphatic rings. The molecule has 3 rings (SSSR count). The number of hydrogen-bond donors (Lipinski definition) is 0. The summed E-state index contributed by atoms with van der Waals surface area (Å²) in [6.45, 7) is 2.30. The highest BCUT2D eigenvalue weighted by Gasteiger charge is 2.44. The lowest BCUT2D eigenvalue weighted by Gasteiger charge is -2.39. The van der Waals surface area contributed by atoms with Crippen LogP contribution in [-0.2, 0) is 14.3 Å². The summed E-state index contributed by atoms with van der Waals surface area (Å²) in [5, 5.41) is 0. The van der Waals surface area contributed by atoms with Crippen LogP contribution >= 0.6 is 0 Å². The molecule has 0 saturated carbocycles. The standard InChI is InChI=1S/C11H16N2O3/c14-10-6-13(8-3-5-16-7-8)11(15)9-2-1-4-12(9)10/h8-9H,1-7H2.